The summed E-state index contributed by atoms with van der Waals surface area (Å²) in [4.78, 5) is 0. The summed E-state index contributed by atoms with van der Waals surface area (Å²) in [6.45, 7) is 0. The molecule has 4 atom stereocenters. The van der Waals surface area contributed by atoms with Gasteiger partial charge in [0.15, 0.2) is 0 Å². The van der Waals surface area contributed by atoms with Crippen molar-refractivity contribution in [1.29, 1.82) is 0 Å². The van der Waals surface area contributed by atoms with Crippen molar-refractivity contribution in [2.24, 2.45) is 0 Å². The fourth-order valence-electron chi connectivity index (χ4n) is 4.16. The van der Waals surface area contributed by atoms with Crippen molar-refractivity contribution in [3.8, 4) is 0 Å². The van der Waals surface area contributed by atoms with E-state index in [1.807, 2.05) is 48.5 Å². The van der Waals surface area contributed by atoms with Gasteiger partial charge in [-0.3, -0.25) is 0 Å². The summed E-state index contributed by atoms with van der Waals surface area (Å²) in [6.07, 6.45) is -5.27. The van der Waals surface area contributed by atoms with Crippen molar-refractivity contribution in [3.63, 3.8) is 0 Å². The second-order valence-electron chi connectivity index (χ2n) is 6.61. The maximum Gasteiger partial charge on any atom is 0.113 e. The van der Waals surface area contributed by atoms with E-state index in [-0.39, 0.29) is 0 Å². The van der Waals surface area contributed by atoms with Gasteiger partial charge in [-0.25, -0.2) is 0 Å². The minimum atomic E-state index is -1.41. The van der Waals surface area contributed by atoms with E-state index >= 15 is 0 Å². The zero-order valence-electron chi connectivity index (χ0n) is 12.7. The van der Waals surface area contributed by atoms with Crippen molar-refractivity contribution in [2.45, 2.75) is 24.4 Å². The first-order chi connectivity index (χ1) is 11.6. The normalized spacial score (nSPS) is 27.2. The van der Waals surface area contributed by atoms with Crippen LogP contribution in [0.25, 0.3) is 32.3 Å². The molecule has 0 amide bonds. The molecule has 24 heavy (non-hydrogen) atoms. The average molecular weight is 320 g/mol. The van der Waals surface area contributed by atoms with Gasteiger partial charge in [-0.1, -0.05) is 42.5 Å². The smallest absolute Gasteiger partial charge is 0.113 e. The molecule has 4 N–H and O–H groups in total. The number of fused-ring (bicyclic) bond motifs is 2. The molecular formula is C20H16O4. The van der Waals surface area contributed by atoms with Crippen LogP contribution in [0.15, 0.2) is 48.5 Å². The van der Waals surface area contributed by atoms with Gasteiger partial charge in [-0.05, 0) is 49.5 Å². The molecule has 0 spiro atoms. The first kappa shape index (κ1) is 14.1. The highest BCUT2D eigenvalue weighted by Crippen LogP contribution is 2.45. The van der Waals surface area contributed by atoms with Crippen LogP contribution in [-0.2, 0) is 0 Å². The quantitative estimate of drug-likeness (QED) is 0.375. The number of aliphatic hydroxyl groups excluding tert-OH is 4. The molecule has 1 aliphatic carbocycles. The molecule has 5 rings (SSSR count). The molecule has 4 heteroatoms. The van der Waals surface area contributed by atoms with E-state index in [1.54, 1.807) is 0 Å². The second kappa shape index (κ2) is 4.65. The van der Waals surface area contributed by atoms with Crippen molar-refractivity contribution >= 4 is 32.3 Å². The molecule has 0 fully saturated rings. The highest BCUT2D eigenvalue weighted by molar-refractivity contribution is 6.23. The molecule has 0 heterocycles. The molecule has 0 saturated heterocycles. The van der Waals surface area contributed by atoms with E-state index in [9.17, 15) is 20.4 Å². The molecule has 0 aromatic heterocycles. The van der Waals surface area contributed by atoms with Crippen molar-refractivity contribution < 1.29 is 20.4 Å². The van der Waals surface area contributed by atoms with Crippen LogP contribution < -0.4 is 0 Å². The summed E-state index contributed by atoms with van der Waals surface area (Å²) >= 11 is 0. The molecule has 4 aromatic carbocycles. The van der Waals surface area contributed by atoms with Gasteiger partial charge in [-0.15, -0.1) is 0 Å². The van der Waals surface area contributed by atoms with Gasteiger partial charge >= 0.3 is 0 Å². The summed E-state index contributed by atoms with van der Waals surface area (Å²) in [6, 6.07) is 15.8. The largest absolute Gasteiger partial charge is 0.387 e. The van der Waals surface area contributed by atoms with E-state index in [4.69, 9.17) is 0 Å². The number of aliphatic hydroxyl groups is 4. The Morgan fingerprint density at radius 3 is 2.00 bits per heavy atom. The predicted octanol–water partition coefficient (Wildman–Crippen LogP) is 2.39. The number of benzene rings is 4. The Hall–Kier alpha value is -2.24. The van der Waals surface area contributed by atoms with Crippen molar-refractivity contribution in [1.82, 2.24) is 0 Å². The van der Waals surface area contributed by atoms with Crippen molar-refractivity contribution in [2.75, 3.05) is 0 Å². The predicted molar refractivity (Wildman–Crippen MR) is 92.1 cm³/mol. The van der Waals surface area contributed by atoms with E-state index in [0.717, 1.165) is 32.3 Å². The monoisotopic (exact) mass is 320 g/mol. The Morgan fingerprint density at radius 2 is 1.25 bits per heavy atom. The molecule has 1 aliphatic rings. The van der Waals surface area contributed by atoms with Gasteiger partial charge < -0.3 is 20.4 Å². The highest BCUT2D eigenvalue weighted by Gasteiger charge is 2.41. The van der Waals surface area contributed by atoms with Crippen LogP contribution in [0.5, 0.6) is 0 Å². The standard InChI is InChI=1S/C20H16O4/c21-17-13-8-11-5-4-9-2-1-3-10-6-7-12(15(11)14(9)10)16(13)18(22)20(24)19(17)23/h1-8,17-24H/t17-,18-,19+,20+/m0/s1. The fraction of sp³-hybridized carbons (Fsp3) is 0.200. The summed E-state index contributed by atoms with van der Waals surface area (Å²) in [7, 11) is 0. The van der Waals surface area contributed by atoms with Gasteiger partial charge in [0.2, 0.25) is 0 Å². The molecule has 0 radical (unpaired) electrons. The first-order valence-electron chi connectivity index (χ1n) is 8.00. The van der Waals surface area contributed by atoms with E-state index in [2.05, 4.69) is 0 Å². The van der Waals surface area contributed by atoms with Gasteiger partial charge in [0.25, 0.3) is 0 Å². The van der Waals surface area contributed by atoms with Crippen LogP contribution in [-0.4, -0.2) is 32.6 Å². The maximum atomic E-state index is 10.5. The summed E-state index contributed by atoms with van der Waals surface area (Å²) < 4.78 is 0. The lowest BCUT2D eigenvalue weighted by Gasteiger charge is -2.35. The molecule has 120 valence electrons. The fourth-order valence-corrected chi connectivity index (χ4v) is 4.16. The number of rotatable bonds is 0. The van der Waals surface area contributed by atoms with Crippen LogP contribution in [0.4, 0.5) is 0 Å². The molecule has 0 aliphatic heterocycles. The minimum Gasteiger partial charge on any atom is -0.387 e. The lowest BCUT2D eigenvalue weighted by Crippen LogP contribution is -2.41. The maximum absolute atomic E-state index is 10.5. The average Bonchev–Trinajstić information content (AvgIpc) is 2.62. The number of hydrogen-bond donors (Lipinski definition) is 4. The van der Waals surface area contributed by atoms with Crippen LogP contribution in [0.2, 0.25) is 0 Å². The van der Waals surface area contributed by atoms with Crippen LogP contribution in [0.3, 0.4) is 0 Å². The molecule has 4 aromatic rings. The Labute approximate surface area is 137 Å². The zero-order chi connectivity index (χ0) is 16.6. The molecule has 0 unspecified atom stereocenters. The topological polar surface area (TPSA) is 80.9 Å². The summed E-state index contributed by atoms with van der Waals surface area (Å²) in [5, 5.41) is 47.1. The van der Waals surface area contributed by atoms with Crippen LogP contribution >= 0.6 is 0 Å². The highest BCUT2D eigenvalue weighted by atomic mass is 16.4. The van der Waals surface area contributed by atoms with Gasteiger partial charge in [0.1, 0.15) is 24.4 Å². The van der Waals surface area contributed by atoms with Gasteiger partial charge in [0, 0.05) is 0 Å². The van der Waals surface area contributed by atoms with Crippen molar-refractivity contribution in [3.05, 3.63) is 59.7 Å². The SMILES string of the molecule is O[C@H]1[C@H](O)[C@@H](O)c2c(cc3ccc4cccc5ccc2c3c45)[C@@H]1O. The lowest BCUT2D eigenvalue weighted by atomic mass is 9.78. The molecular weight excluding hydrogens is 304 g/mol. The molecule has 0 saturated carbocycles. The van der Waals surface area contributed by atoms with Gasteiger partial charge in [-0.2, -0.15) is 0 Å². The van der Waals surface area contributed by atoms with Crippen LogP contribution in [0.1, 0.15) is 23.3 Å². The molecule has 4 nitrogen and oxygen atoms in total. The third-order valence-corrected chi connectivity index (χ3v) is 5.33. The zero-order valence-corrected chi connectivity index (χ0v) is 12.7. The van der Waals surface area contributed by atoms with Gasteiger partial charge in [0.05, 0.1) is 0 Å². The van der Waals surface area contributed by atoms with E-state index < -0.39 is 24.4 Å². The Kier molecular flexibility index (Phi) is 2.74. The third kappa shape index (κ3) is 1.61. The Balaban J connectivity index is 2.01. The van der Waals surface area contributed by atoms with E-state index in [0.29, 0.717) is 11.1 Å². The third-order valence-electron chi connectivity index (χ3n) is 5.33. The Morgan fingerprint density at radius 1 is 0.625 bits per heavy atom. The number of hydrogen-bond acceptors (Lipinski definition) is 4. The summed E-state index contributed by atoms with van der Waals surface area (Å²) in [5.74, 6) is 0. The second-order valence-corrected chi connectivity index (χ2v) is 6.61. The first-order valence-corrected chi connectivity index (χ1v) is 8.00. The summed E-state index contributed by atoms with van der Waals surface area (Å²) in [5.41, 5.74) is 0.984. The van der Waals surface area contributed by atoms with Crippen LogP contribution in [0, 0.1) is 0 Å². The lowest BCUT2D eigenvalue weighted by molar-refractivity contribution is -0.119. The minimum absolute atomic E-state index is 0.478. The Bertz CT molecular complexity index is 1070. The van der Waals surface area contributed by atoms with E-state index in [1.165, 1.54) is 0 Å². The molecule has 0 bridgehead atoms.